The maximum atomic E-state index is 12.3. The number of rotatable bonds is 4. The fourth-order valence-corrected chi connectivity index (χ4v) is 3.43. The van der Waals surface area contributed by atoms with Crippen molar-refractivity contribution in [3.8, 4) is 5.75 Å². The van der Waals surface area contributed by atoms with E-state index in [9.17, 15) is 9.59 Å². The first-order valence-corrected chi connectivity index (χ1v) is 8.91. The van der Waals surface area contributed by atoms with Gasteiger partial charge in [0.1, 0.15) is 5.75 Å². The van der Waals surface area contributed by atoms with Crippen molar-refractivity contribution in [3.05, 3.63) is 29.8 Å². The second-order valence-electron chi connectivity index (χ2n) is 6.78. The largest absolute Gasteiger partial charge is 0.493 e. The summed E-state index contributed by atoms with van der Waals surface area (Å²) >= 11 is 0. The topological polar surface area (TPSA) is 49.9 Å². The Labute approximate surface area is 143 Å². The highest BCUT2D eigenvalue weighted by atomic mass is 16.5. The van der Waals surface area contributed by atoms with Gasteiger partial charge < -0.3 is 14.5 Å². The molecular formula is C19H26N2O3. The van der Waals surface area contributed by atoms with E-state index in [-0.39, 0.29) is 11.8 Å². The lowest BCUT2D eigenvalue weighted by atomic mass is 9.98. The minimum absolute atomic E-state index is 0.121. The van der Waals surface area contributed by atoms with E-state index in [0.717, 1.165) is 63.2 Å². The average molecular weight is 330 g/mol. The van der Waals surface area contributed by atoms with Crippen LogP contribution < -0.4 is 4.74 Å². The number of nitrogens with zero attached hydrogens (tertiary/aromatic N) is 2. The van der Waals surface area contributed by atoms with Gasteiger partial charge in [-0.05, 0) is 55.9 Å². The van der Waals surface area contributed by atoms with E-state index in [4.69, 9.17) is 4.74 Å². The molecule has 0 radical (unpaired) electrons. The summed E-state index contributed by atoms with van der Waals surface area (Å²) in [7, 11) is 0. The first kappa shape index (κ1) is 16.8. The molecule has 0 atom stereocenters. The molecule has 2 amide bonds. The maximum absolute atomic E-state index is 12.3. The summed E-state index contributed by atoms with van der Waals surface area (Å²) in [4.78, 5) is 27.4. The van der Waals surface area contributed by atoms with Crippen LogP contribution in [0.1, 0.15) is 43.0 Å². The Bertz CT molecular complexity index is 571. The summed E-state index contributed by atoms with van der Waals surface area (Å²) in [5.74, 6) is 1.58. The molecule has 0 N–H and O–H groups in total. The number of ether oxygens (including phenoxy) is 1. The second-order valence-corrected chi connectivity index (χ2v) is 6.78. The number of amides is 2. The number of hydrogen-bond donors (Lipinski definition) is 0. The number of likely N-dealkylation sites (tertiary alicyclic amines) is 2. The zero-order chi connectivity index (χ0) is 16.9. The standard InChI is InChI=1S/C19H26N2O3/c1-15(22)20-12-8-16(9-13-20)14-24-18-6-4-17(5-7-18)19(23)21-10-2-3-11-21/h4-7,16H,2-3,8-14H2,1H3. The molecule has 0 aliphatic carbocycles. The summed E-state index contributed by atoms with van der Waals surface area (Å²) in [6.07, 6.45) is 4.20. The van der Waals surface area contributed by atoms with Crippen LogP contribution in [-0.4, -0.2) is 54.4 Å². The average Bonchev–Trinajstić information content (AvgIpc) is 3.15. The first-order valence-electron chi connectivity index (χ1n) is 8.91. The molecule has 5 heteroatoms. The Morgan fingerprint density at radius 1 is 1.00 bits per heavy atom. The van der Waals surface area contributed by atoms with E-state index in [1.165, 1.54) is 0 Å². The Kier molecular flexibility index (Phi) is 5.38. The van der Waals surface area contributed by atoms with Crippen LogP contribution in [0, 0.1) is 5.92 Å². The van der Waals surface area contributed by atoms with Crippen LogP contribution in [0.4, 0.5) is 0 Å². The molecule has 24 heavy (non-hydrogen) atoms. The molecule has 5 nitrogen and oxygen atoms in total. The second kappa shape index (κ2) is 7.69. The van der Waals surface area contributed by atoms with Crippen LogP contribution in [0.3, 0.4) is 0 Å². The molecule has 0 spiro atoms. The van der Waals surface area contributed by atoms with Gasteiger partial charge >= 0.3 is 0 Å². The van der Waals surface area contributed by atoms with E-state index in [1.807, 2.05) is 34.1 Å². The van der Waals surface area contributed by atoms with Gasteiger partial charge in [0.05, 0.1) is 6.61 Å². The zero-order valence-electron chi connectivity index (χ0n) is 14.4. The molecule has 2 saturated heterocycles. The van der Waals surface area contributed by atoms with Crippen LogP contribution in [0.5, 0.6) is 5.75 Å². The van der Waals surface area contributed by atoms with Gasteiger partial charge in [-0.25, -0.2) is 0 Å². The lowest BCUT2D eigenvalue weighted by Crippen LogP contribution is -2.38. The van der Waals surface area contributed by atoms with Gasteiger partial charge in [0, 0.05) is 38.7 Å². The molecule has 0 bridgehead atoms. The minimum Gasteiger partial charge on any atom is -0.493 e. The molecule has 1 aromatic carbocycles. The molecule has 2 aliphatic heterocycles. The maximum Gasteiger partial charge on any atom is 0.253 e. The van der Waals surface area contributed by atoms with Crippen LogP contribution in [0.25, 0.3) is 0 Å². The molecule has 3 rings (SSSR count). The van der Waals surface area contributed by atoms with Crippen LogP contribution in [-0.2, 0) is 4.79 Å². The summed E-state index contributed by atoms with van der Waals surface area (Å²) < 4.78 is 5.87. The lowest BCUT2D eigenvalue weighted by molar-refractivity contribution is -0.130. The van der Waals surface area contributed by atoms with Gasteiger partial charge in [-0.1, -0.05) is 0 Å². The predicted molar refractivity (Wildman–Crippen MR) is 92.1 cm³/mol. The van der Waals surface area contributed by atoms with E-state index in [0.29, 0.717) is 12.5 Å². The van der Waals surface area contributed by atoms with Gasteiger partial charge in [0.25, 0.3) is 5.91 Å². The Hall–Kier alpha value is -2.04. The molecule has 0 aromatic heterocycles. The monoisotopic (exact) mass is 330 g/mol. The van der Waals surface area contributed by atoms with E-state index in [1.54, 1.807) is 6.92 Å². The minimum atomic E-state index is 0.121. The molecule has 0 unspecified atom stereocenters. The van der Waals surface area contributed by atoms with E-state index >= 15 is 0 Å². The van der Waals surface area contributed by atoms with Gasteiger partial charge in [0.15, 0.2) is 0 Å². The molecule has 2 heterocycles. The SMILES string of the molecule is CC(=O)N1CCC(COc2ccc(C(=O)N3CCCC3)cc2)CC1. The normalized spacial score (nSPS) is 18.7. The highest BCUT2D eigenvalue weighted by Crippen LogP contribution is 2.21. The molecule has 2 aliphatic rings. The number of carbonyl (C=O) groups excluding carboxylic acids is 2. The fraction of sp³-hybridized carbons (Fsp3) is 0.579. The highest BCUT2D eigenvalue weighted by Gasteiger charge is 2.21. The summed E-state index contributed by atoms with van der Waals surface area (Å²) in [5, 5.41) is 0. The summed E-state index contributed by atoms with van der Waals surface area (Å²) in [6.45, 7) is 5.69. The number of piperidine rings is 1. The van der Waals surface area contributed by atoms with Crippen molar-refractivity contribution >= 4 is 11.8 Å². The Balaban J connectivity index is 1.46. The van der Waals surface area contributed by atoms with Gasteiger partial charge in [-0.15, -0.1) is 0 Å². The van der Waals surface area contributed by atoms with Crippen LogP contribution >= 0.6 is 0 Å². The van der Waals surface area contributed by atoms with Crippen molar-refractivity contribution in [3.63, 3.8) is 0 Å². The molecule has 2 fully saturated rings. The third-order valence-electron chi connectivity index (χ3n) is 5.04. The fourth-order valence-electron chi connectivity index (χ4n) is 3.43. The van der Waals surface area contributed by atoms with Gasteiger partial charge in [0.2, 0.25) is 5.91 Å². The zero-order valence-corrected chi connectivity index (χ0v) is 14.4. The van der Waals surface area contributed by atoms with E-state index < -0.39 is 0 Å². The van der Waals surface area contributed by atoms with Crippen LogP contribution in [0.2, 0.25) is 0 Å². The third kappa shape index (κ3) is 4.08. The first-order chi connectivity index (χ1) is 11.6. The van der Waals surface area contributed by atoms with Crippen molar-refractivity contribution < 1.29 is 14.3 Å². The Morgan fingerprint density at radius 2 is 1.62 bits per heavy atom. The van der Waals surface area contributed by atoms with Crippen molar-refractivity contribution in [2.75, 3.05) is 32.8 Å². The van der Waals surface area contributed by atoms with E-state index in [2.05, 4.69) is 0 Å². The highest BCUT2D eigenvalue weighted by molar-refractivity contribution is 5.94. The lowest BCUT2D eigenvalue weighted by Gasteiger charge is -2.31. The van der Waals surface area contributed by atoms with Crippen molar-refractivity contribution in [2.45, 2.75) is 32.6 Å². The number of benzene rings is 1. The molecule has 1 aromatic rings. The quantitative estimate of drug-likeness (QED) is 0.852. The molecule has 0 saturated carbocycles. The number of carbonyl (C=O) groups is 2. The molecular weight excluding hydrogens is 304 g/mol. The van der Waals surface area contributed by atoms with Gasteiger partial charge in [-0.3, -0.25) is 9.59 Å². The van der Waals surface area contributed by atoms with Crippen molar-refractivity contribution in [1.29, 1.82) is 0 Å². The summed E-state index contributed by atoms with van der Waals surface area (Å²) in [6, 6.07) is 7.48. The number of hydrogen-bond acceptors (Lipinski definition) is 3. The van der Waals surface area contributed by atoms with Crippen LogP contribution in [0.15, 0.2) is 24.3 Å². The van der Waals surface area contributed by atoms with Crippen molar-refractivity contribution in [2.24, 2.45) is 5.92 Å². The smallest absolute Gasteiger partial charge is 0.253 e. The van der Waals surface area contributed by atoms with Gasteiger partial charge in [-0.2, -0.15) is 0 Å². The predicted octanol–water partition coefficient (Wildman–Crippen LogP) is 2.56. The summed E-state index contributed by atoms with van der Waals surface area (Å²) in [5.41, 5.74) is 0.735. The third-order valence-corrected chi connectivity index (χ3v) is 5.04. The Morgan fingerprint density at radius 3 is 2.21 bits per heavy atom. The molecule has 130 valence electrons. The van der Waals surface area contributed by atoms with Crippen molar-refractivity contribution in [1.82, 2.24) is 9.80 Å².